The maximum atomic E-state index is 5.41. The monoisotopic (exact) mass is 310 g/mol. The van der Waals surface area contributed by atoms with Gasteiger partial charge in [0.1, 0.15) is 11.4 Å². The quantitative estimate of drug-likeness (QED) is 0.849. The predicted octanol–water partition coefficient (Wildman–Crippen LogP) is 1.95. The number of benzene rings is 1. The number of halogens is 1. The average molecular weight is 311 g/mol. The van der Waals surface area contributed by atoms with E-state index in [1.54, 1.807) is 7.11 Å². The molecule has 0 bridgehead atoms. The maximum absolute atomic E-state index is 5.41. The zero-order valence-corrected chi connectivity index (χ0v) is 13.6. The molecule has 0 amide bonds. The van der Waals surface area contributed by atoms with Crippen LogP contribution >= 0.6 is 12.4 Å². The summed E-state index contributed by atoms with van der Waals surface area (Å²) in [5, 5.41) is 7.58. The lowest BCUT2D eigenvalue weighted by atomic mass is 10.3. The molecule has 0 saturated heterocycles. The van der Waals surface area contributed by atoms with E-state index in [-0.39, 0.29) is 12.4 Å². The minimum absolute atomic E-state index is 0. The van der Waals surface area contributed by atoms with Crippen molar-refractivity contribution in [3.8, 4) is 11.4 Å². The molecule has 0 spiro atoms. The van der Waals surface area contributed by atoms with Crippen molar-refractivity contribution < 1.29 is 4.74 Å². The Kier molecular flexibility index (Phi) is 7.22. The van der Waals surface area contributed by atoms with E-state index in [0.717, 1.165) is 36.8 Å². The zero-order chi connectivity index (χ0) is 14.4. The number of hydrogen-bond donors (Lipinski definition) is 1. The molecule has 0 aliphatic rings. The molecule has 21 heavy (non-hydrogen) atoms. The van der Waals surface area contributed by atoms with Crippen LogP contribution in [0, 0.1) is 0 Å². The smallest absolute Gasteiger partial charge is 0.144 e. The molecule has 1 aromatic carbocycles. The SMILES string of the molecule is CNCCN(C)Cc1ccnn1-c1ccccc1OC.Cl. The second kappa shape index (κ2) is 8.67. The van der Waals surface area contributed by atoms with Crippen molar-refractivity contribution in [2.24, 2.45) is 0 Å². The Morgan fingerprint density at radius 3 is 2.76 bits per heavy atom. The van der Waals surface area contributed by atoms with Crippen molar-refractivity contribution in [2.45, 2.75) is 6.54 Å². The van der Waals surface area contributed by atoms with E-state index in [2.05, 4.69) is 22.4 Å². The highest BCUT2D eigenvalue weighted by Gasteiger charge is 2.11. The molecule has 0 saturated carbocycles. The molecule has 1 aromatic heterocycles. The largest absolute Gasteiger partial charge is 0.494 e. The van der Waals surface area contributed by atoms with Gasteiger partial charge in [0.15, 0.2) is 0 Å². The minimum atomic E-state index is 0. The third kappa shape index (κ3) is 4.46. The fourth-order valence-corrected chi connectivity index (χ4v) is 2.13. The van der Waals surface area contributed by atoms with Crippen LogP contribution in [0.25, 0.3) is 5.69 Å². The molecule has 1 N–H and O–H groups in total. The third-order valence-electron chi connectivity index (χ3n) is 3.21. The van der Waals surface area contributed by atoms with Crippen LogP contribution in [-0.4, -0.2) is 49.0 Å². The predicted molar refractivity (Wildman–Crippen MR) is 87.6 cm³/mol. The summed E-state index contributed by atoms with van der Waals surface area (Å²) in [6.45, 7) is 2.81. The molecule has 2 aromatic rings. The Hall–Kier alpha value is -1.56. The average Bonchev–Trinajstić information content (AvgIpc) is 2.93. The molecule has 116 valence electrons. The van der Waals surface area contributed by atoms with Gasteiger partial charge in [-0.15, -0.1) is 12.4 Å². The molecule has 0 aliphatic heterocycles. The fourth-order valence-electron chi connectivity index (χ4n) is 2.13. The first-order valence-electron chi connectivity index (χ1n) is 6.75. The second-order valence-corrected chi connectivity index (χ2v) is 4.75. The lowest BCUT2D eigenvalue weighted by Crippen LogP contribution is -2.27. The number of methoxy groups -OCH3 is 1. The van der Waals surface area contributed by atoms with Gasteiger partial charge in [0.05, 0.1) is 12.8 Å². The maximum Gasteiger partial charge on any atom is 0.144 e. The van der Waals surface area contributed by atoms with Crippen molar-refractivity contribution in [2.75, 3.05) is 34.3 Å². The van der Waals surface area contributed by atoms with Gasteiger partial charge in [0.2, 0.25) is 0 Å². The first kappa shape index (κ1) is 17.5. The summed E-state index contributed by atoms with van der Waals surface area (Å²) in [5.74, 6) is 0.829. The summed E-state index contributed by atoms with van der Waals surface area (Å²) in [7, 11) is 5.75. The van der Waals surface area contributed by atoms with Crippen molar-refractivity contribution in [1.82, 2.24) is 20.0 Å². The Balaban J connectivity index is 0.00000220. The number of para-hydroxylation sites is 2. The molecular weight excluding hydrogens is 288 g/mol. The summed E-state index contributed by atoms with van der Waals surface area (Å²) in [5.41, 5.74) is 2.12. The number of nitrogens with zero attached hydrogens (tertiary/aromatic N) is 3. The van der Waals surface area contributed by atoms with Crippen molar-refractivity contribution in [1.29, 1.82) is 0 Å². The summed E-state index contributed by atoms with van der Waals surface area (Å²) in [6.07, 6.45) is 1.83. The normalized spacial score (nSPS) is 10.5. The van der Waals surface area contributed by atoms with Crippen molar-refractivity contribution >= 4 is 12.4 Å². The highest BCUT2D eigenvalue weighted by atomic mass is 35.5. The van der Waals surface area contributed by atoms with Crippen LogP contribution in [-0.2, 0) is 6.54 Å². The molecular formula is C15H23ClN4O. The van der Waals surface area contributed by atoms with Gasteiger partial charge in [0.25, 0.3) is 0 Å². The van der Waals surface area contributed by atoms with Crippen LogP contribution in [0.2, 0.25) is 0 Å². The third-order valence-corrected chi connectivity index (χ3v) is 3.21. The van der Waals surface area contributed by atoms with Gasteiger partial charge in [-0.2, -0.15) is 5.10 Å². The van der Waals surface area contributed by atoms with Crippen LogP contribution in [0.5, 0.6) is 5.75 Å². The van der Waals surface area contributed by atoms with Gasteiger partial charge in [-0.05, 0) is 32.3 Å². The van der Waals surface area contributed by atoms with Crippen LogP contribution in [0.4, 0.5) is 0 Å². The van der Waals surface area contributed by atoms with Gasteiger partial charge in [-0.25, -0.2) is 4.68 Å². The van der Waals surface area contributed by atoms with E-state index in [1.807, 2.05) is 48.3 Å². The number of aromatic nitrogens is 2. The number of likely N-dealkylation sites (N-methyl/N-ethyl adjacent to an activating group) is 2. The second-order valence-electron chi connectivity index (χ2n) is 4.75. The highest BCUT2D eigenvalue weighted by Crippen LogP contribution is 2.23. The van der Waals surface area contributed by atoms with Gasteiger partial charge in [-0.3, -0.25) is 4.90 Å². The molecule has 0 unspecified atom stereocenters. The Bertz CT molecular complexity index is 544. The molecule has 6 heteroatoms. The number of nitrogens with one attached hydrogen (secondary N) is 1. The van der Waals surface area contributed by atoms with Gasteiger partial charge in [0, 0.05) is 25.8 Å². The van der Waals surface area contributed by atoms with Crippen LogP contribution in [0.3, 0.4) is 0 Å². The topological polar surface area (TPSA) is 42.3 Å². The van der Waals surface area contributed by atoms with Crippen LogP contribution < -0.4 is 10.1 Å². The summed E-state index contributed by atoms with van der Waals surface area (Å²) >= 11 is 0. The molecule has 1 heterocycles. The van der Waals surface area contributed by atoms with Crippen LogP contribution in [0.1, 0.15) is 5.69 Å². The van der Waals surface area contributed by atoms with E-state index in [1.165, 1.54) is 0 Å². The highest BCUT2D eigenvalue weighted by molar-refractivity contribution is 5.85. The minimum Gasteiger partial charge on any atom is -0.494 e. The van der Waals surface area contributed by atoms with Crippen molar-refractivity contribution in [3.05, 3.63) is 42.2 Å². The van der Waals surface area contributed by atoms with Gasteiger partial charge >= 0.3 is 0 Å². The number of ether oxygens (including phenoxy) is 1. The number of hydrogen-bond acceptors (Lipinski definition) is 4. The molecule has 0 atom stereocenters. The summed E-state index contributed by atoms with van der Waals surface area (Å²) in [6, 6.07) is 9.97. The lowest BCUT2D eigenvalue weighted by Gasteiger charge is -2.18. The molecule has 0 radical (unpaired) electrons. The van der Waals surface area contributed by atoms with E-state index in [0.29, 0.717) is 0 Å². The Labute approximate surface area is 132 Å². The van der Waals surface area contributed by atoms with Crippen molar-refractivity contribution in [3.63, 3.8) is 0 Å². The van der Waals surface area contributed by atoms with Crippen LogP contribution in [0.15, 0.2) is 36.5 Å². The molecule has 2 rings (SSSR count). The lowest BCUT2D eigenvalue weighted by molar-refractivity contribution is 0.320. The Morgan fingerprint density at radius 2 is 2.05 bits per heavy atom. The zero-order valence-electron chi connectivity index (χ0n) is 12.7. The fraction of sp³-hybridized carbons (Fsp3) is 0.400. The van der Waals surface area contributed by atoms with Gasteiger partial charge < -0.3 is 10.1 Å². The summed E-state index contributed by atoms with van der Waals surface area (Å²) in [4.78, 5) is 2.26. The Morgan fingerprint density at radius 1 is 1.29 bits per heavy atom. The van der Waals surface area contributed by atoms with E-state index in [4.69, 9.17) is 4.74 Å². The first-order chi connectivity index (χ1) is 9.76. The van der Waals surface area contributed by atoms with Gasteiger partial charge in [-0.1, -0.05) is 12.1 Å². The first-order valence-corrected chi connectivity index (χ1v) is 6.75. The number of rotatable bonds is 7. The summed E-state index contributed by atoms with van der Waals surface area (Å²) < 4.78 is 7.35. The molecule has 0 aliphatic carbocycles. The van der Waals surface area contributed by atoms with E-state index in [9.17, 15) is 0 Å². The molecule has 5 nitrogen and oxygen atoms in total. The van der Waals surface area contributed by atoms with E-state index >= 15 is 0 Å². The van der Waals surface area contributed by atoms with E-state index < -0.39 is 0 Å². The standard InChI is InChI=1S/C15H22N4O.ClH/c1-16-10-11-18(2)12-13-8-9-17-19(13)14-6-4-5-7-15(14)20-3;/h4-9,16H,10-12H2,1-3H3;1H. The molecule has 0 fully saturated rings.